The van der Waals surface area contributed by atoms with Gasteiger partial charge in [-0.05, 0) is 17.7 Å². The second kappa shape index (κ2) is 8.39. The molecule has 130 valence electrons. The van der Waals surface area contributed by atoms with E-state index in [0.29, 0.717) is 6.54 Å². The van der Waals surface area contributed by atoms with Crippen LogP contribution in [-0.4, -0.2) is 23.4 Å². The molecule has 0 radical (unpaired) electrons. The number of nitro groups is 1. The van der Waals surface area contributed by atoms with Gasteiger partial charge in [0.15, 0.2) is 0 Å². The molecule has 0 aliphatic heterocycles. The molecule has 0 spiro atoms. The molecule has 0 atom stereocenters. The molecule has 8 nitrogen and oxygen atoms in total. The lowest BCUT2D eigenvalue weighted by Crippen LogP contribution is -2.39. The van der Waals surface area contributed by atoms with E-state index in [0.717, 1.165) is 17.7 Å². The van der Waals surface area contributed by atoms with Crippen LogP contribution < -0.4 is 16.0 Å². The van der Waals surface area contributed by atoms with Crippen molar-refractivity contribution in [1.29, 1.82) is 0 Å². The second-order valence-corrected chi connectivity index (χ2v) is 4.99. The summed E-state index contributed by atoms with van der Waals surface area (Å²) in [5, 5.41) is 17.9. The Balaban J connectivity index is 1.79. The summed E-state index contributed by atoms with van der Waals surface area (Å²) in [4.78, 5) is 33.1. The van der Waals surface area contributed by atoms with Crippen molar-refractivity contribution < 1.29 is 18.9 Å². The summed E-state index contributed by atoms with van der Waals surface area (Å²) < 4.78 is 13.2. The van der Waals surface area contributed by atoms with E-state index in [9.17, 15) is 24.1 Å². The molecule has 0 aliphatic rings. The van der Waals surface area contributed by atoms with E-state index in [2.05, 4.69) is 16.0 Å². The highest BCUT2D eigenvalue weighted by Crippen LogP contribution is 2.21. The van der Waals surface area contributed by atoms with E-state index in [1.165, 1.54) is 6.07 Å². The van der Waals surface area contributed by atoms with Crippen LogP contribution in [0.2, 0.25) is 0 Å². The van der Waals surface area contributed by atoms with E-state index in [1.807, 2.05) is 30.3 Å². The molecular formula is C16H15FN4O4. The number of hydrogen-bond donors (Lipinski definition) is 3. The van der Waals surface area contributed by atoms with Crippen LogP contribution in [0, 0.1) is 15.9 Å². The summed E-state index contributed by atoms with van der Waals surface area (Å²) in [5.74, 6) is -1.60. The summed E-state index contributed by atoms with van der Waals surface area (Å²) in [6, 6.07) is 11.7. The van der Waals surface area contributed by atoms with Gasteiger partial charge >= 0.3 is 11.7 Å². The molecule has 3 amide bonds. The summed E-state index contributed by atoms with van der Waals surface area (Å²) in [5.41, 5.74) is 0.219. The second-order valence-electron chi connectivity index (χ2n) is 4.99. The molecule has 0 saturated heterocycles. The molecule has 0 saturated carbocycles. The van der Waals surface area contributed by atoms with Crippen LogP contribution in [0.5, 0.6) is 0 Å². The number of carbonyl (C=O) groups excluding carboxylic acids is 2. The Bertz CT molecular complexity index is 783. The van der Waals surface area contributed by atoms with Gasteiger partial charge in [0.1, 0.15) is 0 Å². The number of carbonyl (C=O) groups is 2. The van der Waals surface area contributed by atoms with Crippen LogP contribution in [0.25, 0.3) is 0 Å². The minimum atomic E-state index is -0.999. The van der Waals surface area contributed by atoms with Crippen molar-refractivity contribution >= 4 is 23.3 Å². The predicted molar refractivity (Wildman–Crippen MR) is 88.4 cm³/mol. The molecule has 2 aromatic carbocycles. The largest absolute Gasteiger partial charge is 0.334 e. The maximum atomic E-state index is 13.2. The van der Waals surface area contributed by atoms with E-state index >= 15 is 0 Å². The number of rotatable bonds is 6. The number of benzene rings is 2. The molecular weight excluding hydrogens is 331 g/mol. The van der Waals surface area contributed by atoms with Gasteiger partial charge in [-0.3, -0.25) is 14.9 Å². The van der Waals surface area contributed by atoms with Gasteiger partial charge in [0.25, 0.3) is 0 Å². The Morgan fingerprint density at radius 2 is 1.80 bits per heavy atom. The first kappa shape index (κ1) is 17.9. The van der Waals surface area contributed by atoms with Crippen LogP contribution in [0.3, 0.4) is 0 Å². The molecule has 25 heavy (non-hydrogen) atoms. The lowest BCUT2D eigenvalue weighted by atomic mass is 10.2. The van der Waals surface area contributed by atoms with E-state index in [-0.39, 0.29) is 12.2 Å². The van der Waals surface area contributed by atoms with E-state index in [1.54, 1.807) is 0 Å². The van der Waals surface area contributed by atoms with Gasteiger partial charge in [-0.2, -0.15) is 4.39 Å². The van der Waals surface area contributed by atoms with Crippen LogP contribution in [-0.2, 0) is 11.3 Å². The summed E-state index contributed by atoms with van der Waals surface area (Å²) in [6.45, 7) is -0.0375. The van der Waals surface area contributed by atoms with Crippen molar-refractivity contribution in [2.24, 2.45) is 0 Å². The zero-order valence-electron chi connectivity index (χ0n) is 13.0. The lowest BCUT2D eigenvalue weighted by molar-refractivity contribution is -0.387. The van der Waals surface area contributed by atoms with Crippen molar-refractivity contribution in [3.63, 3.8) is 0 Å². The summed E-state index contributed by atoms with van der Waals surface area (Å²) in [7, 11) is 0. The molecule has 0 aliphatic carbocycles. The van der Waals surface area contributed by atoms with Crippen molar-refractivity contribution in [3.05, 3.63) is 70.0 Å². The van der Waals surface area contributed by atoms with Crippen molar-refractivity contribution in [1.82, 2.24) is 10.6 Å². The number of anilines is 1. The van der Waals surface area contributed by atoms with Crippen LogP contribution in [0.4, 0.5) is 20.6 Å². The van der Waals surface area contributed by atoms with Crippen LogP contribution in [0.1, 0.15) is 5.56 Å². The highest BCUT2D eigenvalue weighted by atomic mass is 19.1. The standard InChI is InChI=1S/C16H15FN4O4/c17-13-7-6-12(8-14(13)21(24)25)20-15(22)10-19-16(23)18-9-11-4-2-1-3-5-11/h1-8H,9-10H2,(H,20,22)(H2,18,19,23). The average molecular weight is 346 g/mol. The van der Waals surface area contributed by atoms with Gasteiger partial charge in [-0.1, -0.05) is 30.3 Å². The summed E-state index contributed by atoms with van der Waals surface area (Å²) >= 11 is 0. The zero-order chi connectivity index (χ0) is 18.2. The first-order chi connectivity index (χ1) is 12.0. The first-order valence-corrected chi connectivity index (χ1v) is 7.25. The minimum Gasteiger partial charge on any atom is -0.334 e. The highest BCUT2D eigenvalue weighted by Gasteiger charge is 2.15. The summed E-state index contributed by atoms with van der Waals surface area (Å²) in [6.07, 6.45) is 0. The average Bonchev–Trinajstić information content (AvgIpc) is 2.60. The predicted octanol–water partition coefficient (Wildman–Crippen LogP) is 2.17. The van der Waals surface area contributed by atoms with Gasteiger partial charge in [0, 0.05) is 18.3 Å². The monoisotopic (exact) mass is 346 g/mol. The normalized spacial score (nSPS) is 9.96. The maximum Gasteiger partial charge on any atom is 0.315 e. The third-order valence-corrected chi connectivity index (χ3v) is 3.13. The number of amides is 3. The highest BCUT2D eigenvalue weighted by molar-refractivity contribution is 5.94. The molecule has 0 unspecified atom stereocenters. The Labute approximate surface area is 142 Å². The SMILES string of the molecule is O=C(CNC(=O)NCc1ccccc1)Nc1ccc(F)c([N+](=O)[O-])c1. The fraction of sp³-hybridized carbons (Fsp3) is 0.125. The molecule has 3 N–H and O–H groups in total. The zero-order valence-corrected chi connectivity index (χ0v) is 13.0. The van der Waals surface area contributed by atoms with Gasteiger partial charge in [0.2, 0.25) is 11.7 Å². The third-order valence-electron chi connectivity index (χ3n) is 3.13. The van der Waals surface area contributed by atoms with Gasteiger partial charge in [-0.15, -0.1) is 0 Å². The molecule has 2 aromatic rings. The maximum absolute atomic E-state index is 13.2. The van der Waals surface area contributed by atoms with E-state index in [4.69, 9.17) is 0 Å². The number of urea groups is 1. The van der Waals surface area contributed by atoms with Crippen LogP contribution >= 0.6 is 0 Å². The van der Waals surface area contributed by atoms with Crippen molar-refractivity contribution in [3.8, 4) is 0 Å². The quantitative estimate of drug-likeness (QED) is 0.549. The Hall–Kier alpha value is -3.49. The number of nitro benzene ring substituents is 1. The van der Waals surface area contributed by atoms with Crippen molar-refractivity contribution in [2.75, 3.05) is 11.9 Å². The van der Waals surface area contributed by atoms with Crippen molar-refractivity contribution in [2.45, 2.75) is 6.54 Å². The van der Waals surface area contributed by atoms with Gasteiger partial charge < -0.3 is 16.0 Å². The molecule has 0 heterocycles. The molecule has 0 bridgehead atoms. The minimum absolute atomic E-state index is 0.0598. The fourth-order valence-corrected chi connectivity index (χ4v) is 1.94. The molecule has 9 heteroatoms. The number of hydrogen-bond acceptors (Lipinski definition) is 4. The number of nitrogens with one attached hydrogen (secondary N) is 3. The van der Waals surface area contributed by atoms with E-state index < -0.39 is 28.4 Å². The van der Waals surface area contributed by atoms with Crippen LogP contribution in [0.15, 0.2) is 48.5 Å². The number of nitrogens with zero attached hydrogens (tertiary/aromatic N) is 1. The lowest BCUT2D eigenvalue weighted by Gasteiger charge is -2.08. The molecule has 0 aromatic heterocycles. The Kier molecular flexibility index (Phi) is 5.99. The Morgan fingerprint density at radius 1 is 1.08 bits per heavy atom. The number of halogens is 1. The molecule has 0 fully saturated rings. The Morgan fingerprint density at radius 3 is 2.48 bits per heavy atom. The topological polar surface area (TPSA) is 113 Å². The molecule has 2 rings (SSSR count). The third kappa shape index (κ3) is 5.57. The van der Waals surface area contributed by atoms with Gasteiger partial charge in [0.05, 0.1) is 11.5 Å². The fourth-order valence-electron chi connectivity index (χ4n) is 1.94. The smallest absolute Gasteiger partial charge is 0.315 e. The van der Waals surface area contributed by atoms with Gasteiger partial charge in [-0.25, -0.2) is 4.79 Å². The first-order valence-electron chi connectivity index (χ1n) is 7.25.